The van der Waals surface area contributed by atoms with Gasteiger partial charge >= 0.3 is 6.03 Å². The molecule has 7 nitrogen and oxygen atoms in total. The molecule has 2 N–H and O–H groups in total. The van der Waals surface area contributed by atoms with Crippen molar-refractivity contribution in [3.63, 3.8) is 0 Å². The number of aromatic nitrogens is 2. The summed E-state index contributed by atoms with van der Waals surface area (Å²) in [4.78, 5) is 14.4. The van der Waals surface area contributed by atoms with Gasteiger partial charge in [0.25, 0.3) is 0 Å². The van der Waals surface area contributed by atoms with E-state index in [9.17, 15) is 4.79 Å². The van der Waals surface area contributed by atoms with Crippen LogP contribution >= 0.6 is 11.7 Å². The van der Waals surface area contributed by atoms with E-state index in [-0.39, 0.29) is 12.1 Å². The first-order valence-electron chi connectivity index (χ1n) is 8.08. The average Bonchev–Trinajstić information content (AvgIpc) is 3.12. The van der Waals surface area contributed by atoms with Crippen molar-refractivity contribution < 1.29 is 9.53 Å². The molecule has 1 aliphatic heterocycles. The molecule has 1 aromatic heterocycles. The minimum Gasteiger partial charge on any atom is -0.492 e. The molecule has 0 unspecified atom stereocenters. The van der Waals surface area contributed by atoms with Crippen LogP contribution in [0.3, 0.4) is 0 Å². The second-order valence-corrected chi connectivity index (χ2v) is 6.11. The van der Waals surface area contributed by atoms with E-state index in [1.165, 1.54) is 11.7 Å². The summed E-state index contributed by atoms with van der Waals surface area (Å²) in [5.74, 6) is 1.61. The number of amides is 2. The van der Waals surface area contributed by atoms with Crippen LogP contribution in [0, 0.1) is 0 Å². The highest BCUT2D eigenvalue weighted by Gasteiger charge is 2.22. The summed E-state index contributed by atoms with van der Waals surface area (Å²) in [6.45, 7) is 4.21. The first kappa shape index (κ1) is 16.5. The molecule has 1 aromatic carbocycles. The van der Waals surface area contributed by atoms with Crippen LogP contribution in [-0.4, -0.2) is 40.5 Å². The molecule has 8 heteroatoms. The monoisotopic (exact) mass is 347 g/mol. The molecule has 2 amide bonds. The Bertz CT molecular complexity index is 656. The number of anilines is 2. The first-order valence-corrected chi connectivity index (χ1v) is 8.81. The zero-order chi connectivity index (χ0) is 16.8. The van der Waals surface area contributed by atoms with Gasteiger partial charge in [0.2, 0.25) is 0 Å². The van der Waals surface area contributed by atoms with Crippen LogP contribution < -0.4 is 20.3 Å². The van der Waals surface area contributed by atoms with Gasteiger partial charge in [0.15, 0.2) is 5.82 Å². The summed E-state index contributed by atoms with van der Waals surface area (Å²) in [6.07, 6.45) is 3.56. The fraction of sp³-hybridized carbons (Fsp3) is 0.438. The van der Waals surface area contributed by atoms with Gasteiger partial charge in [-0.2, -0.15) is 8.75 Å². The van der Waals surface area contributed by atoms with Crippen molar-refractivity contribution >= 4 is 29.3 Å². The average molecular weight is 347 g/mol. The molecule has 2 aromatic rings. The number of carbonyl (C=O) groups excluding carboxylic acids is 1. The molecule has 3 rings (SSSR count). The Morgan fingerprint density at radius 1 is 1.38 bits per heavy atom. The molecule has 2 heterocycles. The normalized spacial score (nSPS) is 15.1. The number of para-hydroxylation sites is 2. The highest BCUT2D eigenvalue weighted by molar-refractivity contribution is 6.99. The minimum absolute atomic E-state index is 0.159. The van der Waals surface area contributed by atoms with E-state index in [2.05, 4.69) is 24.3 Å². The van der Waals surface area contributed by atoms with Crippen LogP contribution in [0.1, 0.15) is 19.8 Å². The maximum atomic E-state index is 12.2. The largest absolute Gasteiger partial charge is 0.492 e. The maximum absolute atomic E-state index is 12.2. The molecule has 0 aliphatic carbocycles. The minimum atomic E-state index is -0.198. The molecule has 0 spiro atoms. The van der Waals surface area contributed by atoms with Crippen LogP contribution in [0.2, 0.25) is 0 Å². The summed E-state index contributed by atoms with van der Waals surface area (Å²) in [7, 11) is 0. The van der Waals surface area contributed by atoms with Gasteiger partial charge in [-0.3, -0.25) is 0 Å². The Morgan fingerprint density at radius 3 is 2.88 bits per heavy atom. The Balaban J connectivity index is 1.49. The van der Waals surface area contributed by atoms with Crippen molar-refractivity contribution in [2.45, 2.75) is 25.8 Å². The topological polar surface area (TPSA) is 79.4 Å². The fourth-order valence-electron chi connectivity index (χ4n) is 2.75. The SMILES string of the molecule is CCOc1ccccc1NC(=O)NC1CCN(c2cnsn2)CC1. The number of ether oxygens (including phenoxy) is 1. The van der Waals surface area contributed by atoms with Crippen LogP contribution in [-0.2, 0) is 0 Å². The number of piperidine rings is 1. The molecule has 0 saturated carbocycles. The quantitative estimate of drug-likeness (QED) is 0.869. The first-order chi connectivity index (χ1) is 11.8. The van der Waals surface area contributed by atoms with Gasteiger partial charge in [-0.05, 0) is 31.9 Å². The van der Waals surface area contributed by atoms with Crippen molar-refractivity contribution in [1.82, 2.24) is 14.1 Å². The molecule has 1 aliphatic rings. The maximum Gasteiger partial charge on any atom is 0.319 e. The van der Waals surface area contributed by atoms with E-state index in [0.717, 1.165) is 31.7 Å². The van der Waals surface area contributed by atoms with Crippen LogP contribution in [0.5, 0.6) is 5.75 Å². The number of benzene rings is 1. The van der Waals surface area contributed by atoms with E-state index in [4.69, 9.17) is 4.74 Å². The molecule has 0 bridgehead atoms. The summed E-state index contributed by atoms with van der Waals surface area (Å²) < 4.78 is 13.8. The lowest BCUT2D eigenvalue weighted by Crippen LogP contribution is -2.46. The molecule has 128 valence electrons. The molecule has 1 saturated heterocycles. The summed E-state index contributed by atoms with van der Waals surface area (Å²) in [6, 6.07) is 7.40. The zero-order valence-corrected chi connectivity index (χ0v) is 14.4. The third-order valence-corrected chi connectivity index (χ3v) is 4.41. The van der Waals surface area contributed by atoms with Crippen LogP contribution in [0.15, 0.2) is 30.5 Å². The molecular weight excluding hydrogens is 326 g/mol. The summed E-state index contributed by atoms with van der Waals surface area (Å²) in [5, 5.41) is 5.91. The number of nitrogens with zero attached hydrogens (tertiary/aromatic N) is 3. The van der Waals surface area contributed by atoms with Crippen LogP contribution in [0.4, 0.5) is 16.3 Å². The highest BCUT2D eigenvalue weighted by atomic mass is 32.1. The fourth-order valence-corrected chi connectivity index (χ4v) is 3.18. The van der Waals surface area contributed by atoms with E-state index in [1.807, 2.05) is 31.2 Å². The van der Waals surface area contributed by atoms with Crippen molar-refractivity contribution in [2.75, 3.05) is 29.9 Å². The zero-order valence-electron chi connectivity index (χ0n) is 13.6. The standard InChI is InChI=1S/C16H21N5O2S/c1-2-23-14-6-4-3-5-13(14)19-16(22)18-12-7-9-21(10-8-12)15-11-17-24-20-15/h3-6,11-12H,2,7-10H2,1H3,(H2,18,19,22). The molecular formula is C16H21N5O2S. The number of nitrogens with one attached hydrogen (secondary N) is 2. The molecule has 24 heavy (non-hydrogen) atoms. The van der Waals surface area contributed by atoms with Crippen molar-refractivity contribution in [3.8, 4) is 5.75 Å². The van der Waals surface area contributed by atoms with Gasteiger partial charge in [-0.1, -0.05) is 12.1 Å². The number of carbonyl (C=O) groups is 1. The predicted molar refractivity (Wildman–Crippen MR) is 94.9 cm³/mol. The van der Waals surface area contributed by atoms with E-state index < -0.39 is 0 Å². The second-order valence-electron chi connectivity index (χ2n) is 5.55. The molecule has 0 radical (unpaired) electrons. The third kappa shape index (κ3) is 4.14. The van der Waals surface area contributed by atoms with Crippen LogP contribution in [0.25, 0.3) is 0 Å². The smallest absolute Gasteiger partial charge is 0.319 e. The number of rotatable bonds is 5. The van der Waals surface area contributed by atoms with Gasteiger partial charge in [-0.15, -0.1) is 0 Å². The summed E-state index contributed by atoms with van der Waals surface area (Å²) in [5.41, 5.74) is 0.683. The van der Waals surface area contributed by atoms with Gasteiger partial charge in [0.05, 0.1) is 30.2 Å². The molecule has 0 atom stereocenters. The molecule has 1 fully saturated rings. The van der Waals surface area contributed by atoms with Crippen molar-refractivity contribution in [1.29, 1.82) is 0 Å². The predicted octanol–water partition coefficient (Wildman–Crippen LogP) is 2.73. The van der Waals surface area contributed by atoms with E-state index in [1.54, 1.807) is 6.20 Å². The van der Waals surface area contributed by atoms with Crippen molar-refractivity contribution in [2.24, 2.45) is 0 Å². The lowest BCUT2D eigenvalue weighted by Gasteiger charge is -2.32. The van der Waals surface area contributed by atoms with E-state index in [0.29, 0.717) is 18.0 Å². The number of urea groups is 1. The third-order valence-electron chi connectivity index (χ3n) is 3.94. The summed E-state index contributed by atoms with van der Waals surface area (Å²) >= 11 is 1.22. The Labute approximate surface area is 145 Å². The van der Waals surface area contributed by atoms with Gasteiger partial charge in [0, 0.05) is 19.1 Å². The van der Waals surface area contributed by atoms with Gasteiger partial charge in [0.1, 0.15) is 5.75 Å². The second kappa shape index (κ2) is 7.96. The Kier molecular flexibility index (Phi) is 5.47. The number of hydrogen-bond acceptors (Lipinski definition) is 6. The van der Waals surface area contributed by atoms with E-state index >= 15 is 0 Å². The lowest BCUT2D eigenvalue weighted by molar-refractivity contribution is 0.245. The van der Waals surface area contributed by atoms with Crippen molar-refractivity contribution in [3.05, 3.63) is 30.5 Å². The Morgan fingerprint density at radius 2 is 2.17 bits per heavy atom. The highest BCUT2D eigenvalue weighted by Crippen LogP contribution is 2.24. The number of hydrogen-bond donors (Lipinski definition) is 2. The Hall–Kier alpha value is -2.35. The van der Waals surface area contributed by atoms with Gasteiger partial charge < -0.3 is 20.3 Å². The van der Waals surface area contributed by atoms with Gasteiger partial charge in [-0.25, -0.2) is 4.79 Å². The lowest BCUT2D eigenvalue weighted by atomic mass is 10.1.